The molecule has 2 aliphatic heterocycles. The molecule has 0 bridgehead atoms. The third-order valence-electron chi connectivity index (χ3n) is 5.30. The minimum atomic E-state index is -0.830. The van der Waals surface area contributed by atoms with Crippen LogP contribution in [-0.4, -0.2) is 66.2 Å². The summed E-state index contributed by atoms with van der Waals surface area (Å²) in [5.41, 5.74) is 1.43. The van der Waals surface area contributed by atoms with Crippen LogP contribution in [0.1, 0.15) is 15.9 Å². The number of benzene rings is 2. The second-order valence-electron chi connectivity index (χ2n) is 7.33. The molecule has 0 radical (unpaired) electrons. The van der Waals surface area contributed by atoms with Crippen molar-refractivity contribution in [1.29, 1.82) is 0 Å². The molecule has 2 fully saturated rings. The molecule has 6 nitrogen and oxygen atoms in total. The number of carbonyl (C=O) groups excluding carboxylic acids is 1. The van der Waals surface area contributed by atoms with Gasteiger partial charge in [-0.3, -0.25) is 14.5 Å². The molecule has 1 N–H and O–H groups in total. The predicted octanol–water partition coefficient (Wildman–Crippen LogP) is 2.64. The Bertz CT molecular complexity index is 865. The molecule has 2 atom stereocenters. The van der Waals surface area contributed by atoms with Gasteiger partial charge in [0.15, 0.2) is 11.6 Å². The summed E-state index contributed by atoms with van der Waals surface area (Å²) >= 11 is 0. The highest BCUT2D eigenvalue weighted by Gasteiger charge is 2.37. The number of rotatable bonds is 3. The van der Waals surface area contributed by atoms with Crippen molar-refractivity contribution in [2.75, 3.05) is 32.8 Å². The number of fused-ring (bicyclic) bond motifs is 1. The normalized spacial score (nSPS) is 21.2. The van der Waals surface area contributed by atoms with Gasteiger partial charge in [-0.15, -0.1) is 0 Å². The van der Waals surface area contributed by atoms with Crippen molar-refractivity contribution in [2.24, 2.45) is 5.92 Å². The zero-order valence-electron chi connectivity index (χ0n) is 16.4. The number of hydrogen-bond donors (Lipinski definition) is 1. The Hall–Kier alpha value is -2.84. The van der Waals surface area contributed by atoms with Gasteiger partial charge in [-0.2, -0.15) is 0 Å². The van der Waals surface area contributed by atoms with Crippen molar-refractivity contribution >= 4 is 12.4 Å². The average molecular weight is 418 g/mol. The quantitative estimate of drug-likeness (QED) is 0.777. The van der Waals surface area contributed by atoms with Crippen LogP contribution in [0, 0.1) is 17.6 Å². The van der Waals surface area contributed by atoms with E-state index in [4.69, 9.17) is 14.6 Å². The number of nitrogens with zero attached hydrogens (tertiary/aromatic N) is 2. The van der Waals surface area contributed by atoms with Crippen LogP contribution in [-0.2, 0) is 16.1 Å². The van der Waals surface area contributed by atoms with Crippen molar-refractivity contribution in [3.8, 4) is 0 Å². The zero-order valence-corrected chi connectivity index (χ0v) is 16.4. The summed E-state index contributed by atoms with van der Waals surface area (Å²) in [6, 6.07) is 13.3. The van der Waals surface area contributed by atoms with E-state index >= 15 is 0 Å². The Kier molecular flexibility index (Phi) is 7.48. The first kappa shape index (κ1) is 21.9. The van der Waals surface area contributed by atoms with Gasteiger partial charge in [0.1, 0.15) is 0 Å². The van der Waals surface area contributed by atoms with E-state index in [1.165, 1.54) is 6.07 Å². The Morgan fingerprint density at radius 1 is 1.10 bits per heavy atom. The molecule has 2 aromatic rings. The molecule has 0 aromatic heterocycles. The van der Waals surface area contributed by atoms with Crippen LogP contribution < -0.4 is 0 Å². The highest BCUT2D eigenvalue weighted by atomic mass is 19.2. The fourth-order valence-corrected chi connectivity index (χ4v) is 3.95. The lowest BCUT2D eigenvalue weighted by Crippen LogP contribution is -2.37. The summed E-state index contributed by atoms with van der Waals surface area (Å²) in [5.74, 6) is -1.41. The molecule has 0 unspecified atom stereocenters. The van der Waals surface area contributed by atoms with E-state index < -0.39 is 11.6 Å². The second-order valence-corrected chi connectivity index (χ2v) is 7.33. The minimum Gasteiger partial charge on any atom is -0.483 e. The van der Waals surface area contributed by atoms with E-state index in [-0.39, 0.29) is 24.4 Å². The van der Waals surface area contributed by atoms with Gasteiger partial charge in [0.25, 0.3) is 12.4 Å². The Morgan fingerprint density at radius 2 is 1.83 bits per heavy atom. The minimum absolute atomic E-state index is 0.0268. The first-order valence-corrected chi connectivity index (χ1v) is 9.72. The SMILES string of the molecule is O=C(c1ccccc1)N1CCO[C@@H]2CN(Cc3ccc(F)c(F)c3)C[C@@H]2C1.O=CO. The van der Waals surface area contributed by atoms with Crippen LogP contribution in [0.4, 0.5) is 8.78 Å². The number of amides is 1. The van der Waals surface area contributed by atoms with Crippen LogP contribution >= 0.6 is 0 Å². The molecule has 0 saturated carbocycles. The Labute approximate surface area is 173 Å². The molecule has 0 spiro atoms. The molecule has 160 valence electrons. The highest BCUT2D eigenvalue weighted by Crippen LogP contribution is 2.26. The van der Waals surface area contributed by atoms with Crippen molar-refractivity contribution < 1.29 is 28.2 Å². The van der Waals surface area contributed by atoms with Gasteiger partial charge >= 0.3 is 0 Å². The number of halogens is 2. The van der Waals surface area contributed by atoms with E-state index in [0.717, 1.165) is 24.7 Å². The number of hydrogen-bond acceptors (Lipinski definition) is 4. The molecule has 2 saturated heterocycles. The molecular weight excluding hydrogens is 394 g/mol. The topological polar surface area (TPSA) is 70.1 Å². The zero-order chi connectivity index (χ0) is 21.5. The van der Waals surface area contributed by atoms with Gasteiger partial charge in [-0.05, 0) is 29.8 Å². The maximum absolute atomic E-state index is 13.4. The molecule has 0 aliphatic carbocycles. The van der Waals surface area contributed by atoms with E-state index in [2.05, 4.69) is 4.90 Å². The first-order chi connectivity index (χ1) is 14.5. The summed E-state index contributed by atoms with van der Waals surface area (Å²) in [7, 11) is 0. The fraction of sp³-hybridized carbons (Fsp3) is 0.364. The summed E-state index contributed by atoms with van der Waals surface area (Å²) in [5, 5.41) is 6.89. The average Bonchev–Trinajstić information content (AvgIpc) is 3.00. The van der Waals surface area contributed by atoms with Gasteiger partial charge < -0.3 is 14.7 Å². The monoisotopic (exact) mass is 418 g/mol. The summed E-state index contributed by atoms with van der Waals surface area (Å²) in [6.45, 7) is 3.54. The molecule has 2 aliphatic rings. The van der Waals surface area contributed by atoms with Crippen molar-refractivity contribution in [1.82, 2.24) is 9.80 Å². The third-order valence-corrected chi connectivity index (χ3v) is 5.30. The van der Waals surface area contributed by atoms with Gasteiger partial charge in [0, 0.05) is 44.2 Å². The molecule has 2 aromatic carbocycles. The number of carboxylic acid groups (broad SMARTS) is 1. The predicted molar refractivity (Wildman–Crippen MR) is 106 cm³/mol. The largest absolute Gasteiger partial charge is 0.483 e. The third kappa shape index (κ3) is 5.40. The van der Waals surface area contributed by atoms with Crippen LogP contribution in [0.15, 0.2) is 48.5 Å². The maximum atomic E-state index is 13.4. The van der Waals surface area contributed by atoms with E-state index in [0.29, 0.717) is 31.8 Å². The molecule has 8 heteroatoms. The van der Waals surface area contributed by atoms with Gasteiger partial charge in [0.2, 0.25) is 0 Å². The van der Waals surface area contributed by atoms with Gasteiger partial charge in [0.05, 0.1) is 12.7 Å². The summed E-state index contributed by atoms with van der Waals surface area (Å²) in [6.07, 6.45) is 0.0591. The van der Waals surface area contributed by atoms with Crippen molar-refractivity contribution in [3.63, 3.8) is 0 Å². The number of carbonyl (C=O) groups is 2. The molecule has 30 heavy (non-hydrogen) atoms. The second kappa shape index (κ2) is 10.3. The van der Waals surface area contributed by atoms with E-state index in [1.54, 1.807) is 6.07 Å². The van der Waals surface area contributed by atoms with Crippen molar-refractivity contribution in [3.05, 3.63) is 71.3 Å². The smallest absolute Gasteiger partial charge is 0.290 e. The van der Waals surface area contributed by atoms with Crippen LogP contribution in [0.25, 0.3) is 0 Å². The Balaban J connectivity index is 0.000000806. The molecule has 1 amide bonds. The standard InChI is InChI=1S/C21H22F2N2O2.CH2O2/c22-18-7-6-15(10-19(18)23)11-24-12-17-13-25(8-9-27-20(17)14-24)21(26)16-4-2-1-3-5-16;2-1-3/h1-7,10,17,20H,8-9,11-14H2;1H,(H,2,3)/t17-,20-;/m1./s1. The van der Waals surface area contributed by atoms with Crippen LogP contribution in [0.2, 0.25) is 0 Å². The van der Waals surface area contributed by atoms with Crippen molar-refractivity contribution in [2.45, 2.75) is 12.6 Å². The number of likely N-dealkylation sites (tertiary alicyclic amines) is 1. The summed E-state index contributed by atoms with van der Waals surface area (Å²) in [4.78, 5) is 25.2. The van der Waals surface area contributed by atoms with Crippen LogP contribution in [0.5, 0.6) is 0 Å². The maximum Gasteiger partial charge on any atom is 0.290 e. The van der Waals surface area contributed by atoms with Crippen LogP contribution in [0.3, 0.4) is 0 Å². The van der Waals surface area contributed by atoms with E-state index in [9.17, 15) is 13.6 Å². The van der Waals surface area contributed by atoms with Gasteiger partial charge in [-0.1, -0.05) is 24.3 Å². The van der Waals surface area contributed by atoms with E-state index in [1.807, 2.05) is 35.2 Å². The van der Waals surface area contributed by atoms with Gasteiger partial charge in [-0.25, -0.2) is 8.78 Å². The lowest BCUT2D eigenvalue weighted by atomic mass is 10.1. The summed E-state index contributed by atoms with van der Waals surface area (Å²) < 4.78 is 32.5. The lowest BCUT2D eigenvalue weighted by molar-refractivity contribution is -0.122. The molecular formula is C22H24F2N2O4. The molecule has 4 rings (SSSR count). The molecule has 2 heterocycles. The lowest BCUT2D eigenvalue weighted by Gasteiger charge is -2.24. The number of ether oxygens (including phenoxy) is 1. The fourth-order valence-electron chi connectivity index (χ4n) is 3.95. The first-order valence-electron chi connectivity index (χ1n) is 9.72. The Morgan fingerprint density at radius 3 is 2.53 bits per heavy atom. The highest BCUT2D eigenvalue weighted by molar-refractivity contribution is 5.94.